The summed E-state index contributed by atoms with van der Waals surface area (Å²) in [6.07, 6.45) is 5.97. The fraction of sp³-hybridized carbons (Fsp3) is 0.421. The van der Waals surface area contributed by atoms with Gasteiger partial charge < -0.3 is 5.32 Å². The number of nitrogens with one attached hydrogen (secondary N) is 1. The Labute approximate surface area is 149 Å². The van der Waals surface area contributed by atoms with Gasteiger partial charge in [-0.25, -0.2) is 4.98 Å². The molecule has 1 N–H and O–H groups in total. The van der Waals surface area contributed by atoms with E-state index in [1.54, 1.807) is 0 Å². The Morgan fingerprint density at radius 2 is 1.91 bits per heavy atom. The highest BCUT2D eigenvalue weighted by Crippen LogP contribution is 2.53. The second-order valence-corrected chi connectivity index (χ2v) is 7.04. The van der Waals surface area contributed by atoms with Crippen LogP contribution in [-0.4, -0.2) is 11.0 Å². The fourth-order valence-corrected chi connectivity index (χ4v) is 4.58. The van der Waals surface area contributed by atoms with Gasteiger partial charge in [0.25, 0.3) is 0 Å². The van der Waals surface area contributed by atoms with Crippen molar-refractivity contribution in [2.45, 2.75) is 37.8 Å². The van der Waals surface area contributed by atoms with E-state index in [4.69, 9.17) is 11.6 Å². The lowest BCUT2D eigenvalue weighted by Crippen LogP contribution is -2.33. The zero-order chi connectivity index (χ0) is 14.9. The number of pyridine rings is 1. The summed E-state index contributed by atoms with van der Waals surface area (Å²) in [6.45, 7) is 0.976. The van der Waals surface area contributed by atoms with E-state index in [1.807, 2.05) is 12.3 Å². The standard InChI is InChI=1S/C19H21ClN2.ClH/c20-18-9-7-15(12-21-18)17-10-14-6-8-16(17)19(14)22-11-13-4-2-1-3-5-13;/h1-5,7,9,12,14,16-17,19,22H,6,8,10-11H2;1H/t14?,16?,17-,19+;/m1./s1. The minimum atomic E-state index is 0. The molecule has 1 aromatic heterocycles. The SMILES string of the molecule is Cl.Clc1ccc([C@H]2CC3CCC2[C@H]3NCc2ccccc2)cn1. The number of fused-ring (bicyclic) bond motifs is 2. The molecule has 0 aliphatic heterocycles. The maximum Gasteiger partial charge on any atom is 0.129 e. The highest BCUT2D eigenvalue weighted by Gasteiger charge is 2.48. The lowest BCUT2D eigenvalue weighted by Gasteiger charge is -2.23. The third kappa shape index (κ3) is 3.40. The summed E-state index contributed by atoms with van der Waals surface area (Å²) in [7, 11) is 0. The molecule has 4 rings (SSSR count). The number of hydrogen-bond acceptors (Lipinski definition) is 2. The molecule has 122 valence electrons. The molecule has 1 heterocycles. The molecule has 0 amide bonds. The van der Waals surface area contributed by atoms with Crippen LogP contribution in [0.25, 0.3) is 0 Å². The smallest absolute Gasteiger partial charge is 0.129 e. The van der Waals surface area contributed by atoms with E-state index < -0.39 is 0 Å². The molecule has 23 heavy (non-hydrogen) atoms. The van der Waals surface area contributed by atoms with E-state index in [0.717, 1.165) is 18.4 Å². The van der Waals surface area contributed by atoms with Gasteiger partial charge in [-0.05, 0) is 54.2 Å². The van der Waals surface area contributed by atoms with Crippen molar-refractivity contribution in [3.63, 3.8) is 0 Å². The van der Waals surface area contributed by atoms with Gasteiger partial charge in [-0.15, -0.1) is 12.4 Å². The molecule has 2 aliphatic carbocycles. The van der Waals surface area contributed by atoms with Crippen LogP contribution in [0, 0.1) is 11.8 Å². The average molecular weight is 349 g/mol. The van der Waals surface area contributed by atoms with Crippen LogP contribution in [0.4, 0.5) is 0 Å². The van der Waals surface area contributed by atoms with Crippen LogP contribution >= 0.6 is 24.0 Å². The van der Waals surface area contributed by atoms with Crippen molar-refractivity contribution in [2.75, 3.05) is 0 Å². The highest BCUT2D eigenvalue weighted by molar-refractivity contribution is 6.29. The molecule has 2 nitrogen and oxygen atoms in total. The Morgan fingerprint density at radius 1 is 1.09 bits per heavy atom. The zero-order valence-electron chi connectivity index (χ0n) is 13.0. The van der Waals surface area contributed by atoms with Gasteiger partial charge in [0, 0.05) is 18.8 Å². The number of aromatic nitrogens is 1. The van der Waals surface area contributed by atoms with Crippen molar-refractivity contribution in [2.24, 2.45) is 11.8 Å². The van der Waals surface area contributed by atoms with Gasteiger partial charge in [-0.3, -0.25) is 0 Å². The Hall–Kier alpha value is -1.09. The van der Waals surface area contributed by atoms with E-state index in [9.17, 15) is 0 Å². The topological polar surface area (TPSA) is 24.9 Å². The van der Waals surface area contributed by atoms with Crippen LogP contribution in [0.2, 0.25) is 5.15 Å². The molecule has 4 atom stereocenters. The first kappa shape index (κ1) is 16.8. The van der Waals surface area contributed by atoms with Gasteiger partial charge in [0.15, 0.2) is 0 Å². The predicted molar refractivity (Wildman–Crippen MR) is 97.1 cm³/mol. The second-order valence-electron chi connectivity index (χ2n) is 6.65. The third-order valence-electron chi connectivity index (χ3n) is 5.48. The summed E-state index contributed by atoms with van der Waals surface area (Å²) in [5, 5.41) is 4.41. The van der Waals surface area contributed by atoms with Crippen LogP contribution in [-0.2, 0) is 6.54 Å². The largest absolute Gasteiger partial charge is 0.309 e. The van der Waals surface area contributed by atoms with E-state index in [-0.39, 0.29) is 12.4 Å². The van der Waals surface area contributed by atoms with Crippen molar-refractivity contribution in [1.29, 1.82) is 0 Å². The van der Waals surface area contributed by atoms with Crippen molar-refractivity contribution in [1.82, 2.24) is 10.3 Å². The van der Waals surface area contributed by atoms with E-state index in [2.05, 4.69) is 46.7 Å². The Bertz CT molecular complexity index is 630. The quantitative estimate of drug-likeness (QED) is 0.800. The van der Waals surface area contributed by atoms with Gasteiger partial charge in [0.05, 0.1) is 0 Å². The Morgan fingerprint density at radius 3 is 2.65 bits per heavy atom. The molecule has 2 fully saturated rings. The lowest BCUT2D eigenvalue weighted by molar-refractivity contribution is 0.397. The molecule has 2 aromatic rings. The second kappa shape index (κ2) is 7.21. The van der Waals surface area contributed by atoms with Crippen LogP contribution in [0.15, 0.2) is 48.7 Å². The van der Waals surface area contributed by atoms with Crippen molar-refractivity contribution >= 4 is 24.0 Å². The predicted octanol–water partition coefficient (Wildman–Crippen LogP) is 4.83. The molecule has 2 aliphatic rings. The van der Waals surface area contributed by atoms with Gasteiger partial charge in [0.1, 0.15) is 5.15 Å². The summed E-state index contributed by atoms with van der Waals surface area (Å²) in [5.74, 6) is 2.21. The van der Waals surface area contributed by atoms with Gasteiger partial charge >= 0.3 is 0 Å². The van der Waals surface area contributed by atoms with Crippen molar-refractivity contribution < 1.29 is 0 Å². The summed E-state index contributed by atoms with van der Waals surface area (Å²) < 4.78 is 0. The zero-order valence-corrected chi connectivity index (χ0v) is 14.6. The lowest BCUT2D eigenvalue weighted by atomic mass is 9.84. The summed E-state index contributed by atoms with van der Waals surface area (Å²) in [4.78, 5) is 4.27. The monoisotopic (exact) mass is 348 g/mol. The minimum absolute atomic E-state index is 0. The molecule has 0 radical (unpaired) electrons. The third-order valence-corrected chi connectivity index (χ3v) is 5.70. The molecular formula is C19H22Cl2N2. The van der Waals surface area contributed by atoms with Crippen LogP contribution in [0.5, 0.6) is 0 Å². The van der Waals surface area contributed by atoms with E-state index in [0.29, 0.717) is 17.1 Å². The maximum atomic E-state index is 5.92. The van der Waals surface area contributed by atoms with Crippen LogP contribution in [0.3, 0.4) is 0 Å². The minimum Gasteiger partial charge on any atom is -0.309 e. The number of benzene rings is 1. The van der Waals surface area contributed by atoms with Gasteiger partial charge in [-0.2, -0.15) is 0 Å². The number of nitrogens with zero attached hydrogens (tertiary/aromatic N) is 1. The first-order chi connectivity index (χ1) is 10.8. The van der Waals surface area contributed by atoms with E-state index in [1.165, 1.54) is 30.4 Å². The Kier molecular flexibility index (Phi) is 5.25. The summed E-state index contributed by atoms with van der Waals surface area (Å²) in [6, 6.07) is 15.4. The molecule has 2 unspecified atom stereocenters. The van der Waals surface area contributed by atoms with Crippen molar-refractivity contribution in [3.05, 3.63) is 64.9 Å². The van der Waals surface area contributed by atoms with Crippen LogP contribution in [0.1, 0.15) is 36.3 Å². The Balaban J connectivity index is 0.00000156. The van der Waals surface area contributed by atoms with Gasteiger partial charge in [0.2, 0.25) is 0 Å². The van der Waals surface area contributed by atoms with Crippen LogP contribution < -0.4 is 5.32 Å². The molecule has 2 bridgehead atoms. The average Bonchev–Trinajstić information content (AvgIpc) is 3.11. The van der Waals surface area contributed by atoms with E-state index >= 15 is 0 Å². The normalized spacial score (nSPS) is 28.6. The molecule has 4 heteroatoms. The number of rotatable bonds is 4. The first-order valence-electron chi connectivity index (χ1n) is 8.20. The molecule has 0 saturated heterocycles. The molecule has 0 spiro atoms. The molecule has 1 aromatic carbocycles. The number of hydrogen-bond donors (Lipinski definition) is 1. The van der Waals surface area contributed by atoms with Gasteiger partial charge in [-0.1, -0.05) is 48.0 Å². The molecule has 2 saturated carbocycles. The number of halogens is 2. The summed E-state index contributed by atoms with van der Waals surface area (Å²) in [5.41, 5.74) is 2.74. The maximum absolute atomic E-state index is 5.92. The first-order valence-corrected chi connectivity index (χ1v) is 8.58. The van der Waals surface area contributed by atoms with Crippen molar-refractivity contribution in [3.8, 4) is 0 Å². The molecular weight excluding hydrogens is 327 g/mol. The fourth-order valence-electron chi connectivity index (χ4n) is 4.47. The highest BCUT2D eigenvalue weighted by atomic mass is 35.5. The summed E-state index contributed by atoms with van der Waals surface area (Å²) >= 11 is 5.92.